The maximum atomic E-state index is 13.6. The van der Waals surface area contributed by atoms with Crippen molar-refractivity contribution in [3.8, 4) is 0 Å². The van der Waals surface area contributed by atoms with Gasteiger partial charge in [0.05, 0.1) is 17.7 Å². The SMILES string of the molecule is Cc1cc2c(cc(C(=O)N3CC(C)OC(C)C3)n2Cc2cccc(F)c2)o1. The Morgan fingerprint density at radius 3 is 2.63 bits per heavy atom. The molecule has 3 aromatic rings. The number of ether oxygens (including phenoxy) is 1. The van der Waals surface area contributed by atoms with Gasteiger partial charge in [0.1, 0.15) is 17.3 Å². The number of aryl methyl sites for hydroxylation is 1. The van der Waals surface area contributed by atoms with E-state index >= 15 is 0 Å². The number of carbonyl (C=O) groups excluding carboxylic acids is 1. The lowest BCUT2D eigenvalue weighted by atomic mass is 10.2. The number of carbonyl (C=O) groups is 1. The number of furan rings is 1. The minimum absolute atomic E-state index is 0.00503. The molecule has 1 saturated heterocycles. The van der Waals surface area contributed by atoms with Crippen LogP contribution in [-0.2, 0) is 11.3 Å². The molecule has 1 aromatic carbocycles. The number of aromatic nitrogens is 1. The fourth-order valence-electron chi connectivity index (χ4n) is 3.84. The molecule has 4 rings (SSSR count). The summed E-state index contributed by atoms with van der Waals surface area (Å²) in [6, 6.07) is 10.1. The summed E-state index contributed by atoms with van der Waals surface area (Å²) < 4.78 is 27.0. The normalized spacial score (nSPS) is 20.4. The summed E-state index contributed by atoms with van der Waals surface area (Å²) >= 11 is 0. The van der Waals surface area contributed by atoms with Crippen molar-refractivity contribution in [3.63, 3.8) is 0 Å². The highest BCUT2D eigenvalue weighted by atomic mass is 19.1. The van der Waals surface area contributed by atoms with Gasteiger partial charge in [-0.25, -0.2) is 4.39 Å². The van der Waals surface area contributed by atoms with Gasteiger partial charge in [-0.05, 0) is 38.5 Å². The van der Waals surface area contributed by atoms with E-state index in [0.29, 0.717) is 30.9 Å². The molecular weight excluding hydrogens is 347 g/mol. The molecule has 3 heterocycles. The van der Waals surface area contributed by atoms with Gasteiger partial charge in [-0.3, -0.25) is 4.79 Å². The minimum atomic E-state index is -0.289. The molecule has 142 valence electrons. The van der Waals surface area contributed by atoms with Gasteiger partial charge in [0.25, 0.3) is 5.91 Å². The topological polar surface area (TPSA) is 47.6 Å². The summed E-state index contributed by atoms with van der Waals surface area (Å²) in [6.07, 6.45) is -0.0101. The molecule has 1 aliphatic rings. The minimum Gasteiger partial charge on any atom is -0.460 e. The lowest BCUT2D eigenvalue weighted by molar-refractivity contribution is -0.0588. The van der Waals surface area contributed by atoms with Crippen LogP contribution >= 0.6 is 0 Å². The number of amides is 1. The molecule has 0 saturated carbocycles. The average molecular weight is 370 g/mol. The predicted octanol–water partition coefficient (Wildman–Crippen LogP) is 3.98. The molecule has 0 aliphatic carbocycles. The van der Waals surface area contributed by atoms with E-state index in [-0.39, 0.29) is 23.9 Å². The van der Waals surface area contributed by atoms with E-state index in [1.165, 1.54) is 12.1 Å². The zero-order valence-electron chi connectivity index (χ0n) is 15.7. The Balaban J connectivity index is 1.73. The van der Waals surface area contributed by atoms with E-state index in [1.807, 2.05) is 42.4 Å². The third kappa shape index (κ3) is 3.49. The van der Waals surface area contributed by atoms with Crippen molar-refractivity contribution in [3.05, 3.63) is 59.2 Å². The van der Waals surface area contributed by atoms with Crippen LogP contribution in [-0.4, -0.2) is 40.7 Å². The Morgan fingerprint density at radius 1 is 1.19 bits per heavy atom. The quantitative estimate of drug-likeness (QED) is 0.701. The van der Waals surface area contributed by atoms with Crippen LogP contribution in [0.4, 0.5) is 4.39 Å². The first-order valence-electron chi connectivity index (χ1n) is 9.19. The second-order valence-corrected chi connectivity index (χ2v) is 7.32. The van der Waals surface area contributed by atoms with Gasteiger partial charge in [0, 0.05) is 31.8 Å². The highest BCUT2D eigenvalue weighted by molar-refractivity contribution is 5.97. The maximum absolute atomic E-state index is 13.6. The van der Waals surface area contributed by atoms with Gasteiger partial charge in [-0.15, -0.1) is 0 Å². The second-order valence-electron chi connectivity index (χ2n) is 7.32. The first-order valence-corrected chi connectivity index (χ1v) is 9.19. The van der Waals surface area contributed by atoms with Crippen LogP contribution in [0.15, 0.2) is 40.8 Å². The second kappa shape index (κ2) is 6.85. The van der Waals surface area contributed by atoms with Gasteiger partial charge in [0.2, 0.25) is 0 Å². The highest BCUT2D eigenvalue weighted by Crippen LogP contribution is 2.27. The summed E-state index contributed by atoms with van der Waals surface area (Å²) in [5.41, 5.74) is 2.86. The number of hydrogen-bond donors (Lipinski definition) is 0. The van der Waals surface area contributed by atoms with Crippen molar-refractivity contribution in [2.75, 3.05) is 13.1 Å². The third-order valence-corrected chi connectivity index (χ3v) is 4.87. The molecule has 5 nitrogen and oxygen atoms in total. The van der Waals surface area contributed by atoms with Crippen LogP contribution in [0, 0.1) is 12.7 Å². The van der Waals surface area contributed by atoms with Crippen LogP contribution in [0.25, 0.3) is 11.1 Å². The average Bonchev–Trinajstić information content (AvgIpc) is 3.11. The Hall–Kier alpha value is -2.60. The van der Waals surface area contributed by atoms with Crippen molar-refractivity contribution in [2.45, 2.75) is 39.5 Å². The molecule has 1 aliphatic heterocycles. The summed E-state index contributed by atoms with van der Waals surface area (Å²) in [4.78, 5) is 15.1. The fourth-order valence-corrected chi connectivity index (χ4v) is 3.84. The molecule has 1 fully saturated rings. The Kier molecular flexibility index (Phi) is 4.52. The number of morpholine rings is 1. The van der Waals surface area contributed by atoms with Crippen molar-refractivity contribution in [1.82, 2.24) is 9.47 Å². The van der Waals surface area contributed by atoms with Gasteiger partial charge in [-0.2, -0.15) is 0 Å². The maximum Gasteiger partial charge on any atom is 0.270 e. The van der Waals surface area contributed by atoms with Gasteiger partial charge < -0.3 is 18.6 Å². The lowest BCUT2D eigenvalue weighted by Gasteiger charge is -2.35. The number of hydrogen-bond acceptors (Lipinski definition) is 3. The van der Waals surface area contributed by atoms with Crippen LogP contribution in [0.3, 0.4) is 0 Å². The number of benzene rings is 1. The smallest absolute Gasteiger partial charge is 0.270 e. The molecule has 0 N–H and O–H groups in total. The fraction of sp³-hybridized carbons (Fsp3) is 0.381. The summed E-state index contributed by atoms with van der Waals surface area (Å²) in [7, 11) is 0. The molecule has 0 radical (unpaired) electrons. The van der Waals surface area contributed by atoms with E-state index in [4.69, 9.17) is 9.15 Å². The van der Waals surface area contributed by atoms with E-state index < -0.39 is 0 Å². The van der Waals surface area contributed by atoms with Gasteiger partial charge >= 0.3 is 0 Å². The number of halogens is 1. The third-order valence-electron chi connectivity index (χ3n) is 4.87. The number of rotatable bonds is 3. The molecule has 2 atom stereocenters. The summed E-state index contributed by atoms with van der Waals surface area (Å²) in [5.74, 6) is 0.432. The highest BCUT2D eigenvalue weighted by Gasteiger charge is 2.29. The predicted molar refractivity (Wildman–Crippen MR) is 100 cm³/mol. The molecule has 2 unspecified atom stereocenters. The van der Waals surface area contributed by atoms with Crippen molar-refractivity contribution in [1.29, 1.82) is 0 Å². The number of nitrogens with zero attached hydrogens (tertiary/aromatic N) is 2. The zero-order valence-corrected chi connectivity index (χ0v) is 15.7. The van der Waals surface area contributed by atoms with Crippen LogP contribution in [0.1, 0.15) is 35.7 Å². The lowest BCUT2D eigenvalue weighted by Crippen LogP contribution is -2.48. The Bertz CT molecular complexity index is 981. The molecule has 0 spiro atoms. The monoisotopic (exact) mass is 370 g/mol. The molecule has 2 aromatic heterocycles. The standard InChI is InChI=1S/C21H23FN2O3/c1-13-7-18-20(27-13)9-19(21(25)23-10-14(2)26-15(3)11-23)24(18)12-16-5-4-6-17(22)8-16/h4-9,14-15H,10-12H2,1-3H3. The molecule has 1 amide bonds. The molecule has 27 heavy (non-hydrogen) atoms. The summed E-state index contributed by atoms with van der Waals surface area (Å²) in [6.45, 7) is 7.31. The van der Waals surface area contributed by atoms with Crippen molar-refractivity contribution in [2.24, 2.45) is 0 Å². The zero-order chi connectivity index (χ0) is 19.1. The van der Waals surface area contributed by atoms with Gasteiger partial charge in [0.15, 0.2) is 5.58 Å². The largest absolute Gasteiger partial charge is 0.460 e. The van der Waals surface area contributed by atoms with E-state index in [9.17, 15) is 9.18 Å². The first kappa shape index (κ1) is 17.8. The molecule has 0 bridgehead atoms. The van der Waals surface area contributed by atoms with E-state index in [1.54, 1.807) is 12.1 Å². The van der Waals surface area contributed by atoms with Crippen LogP contribution in [0.2, 0.25) is 0 Å². The summed E-state index contributed by atoms with van der Waals surface area (Å²) in [5, 5.41) is 0. The Morgan fingerprint density at radius 2 is 1.93 bits per heavy atom. The molecule has 6 heteroatoms. The van der Waals surface area contributed by atoms with E-state index in [0.717, 1.165) is 16.8 Å². The van der Waals surface area contributed by atoms with Gasteiger partial charge in [-0.1, -0.05) is 12.1 Å². The Labute approximate surface area is 157 Å². The number of fused-ring (bicyclic) bond motifs is 1. The van der Waals surface area contributed by atoms with E-state index in [2.05, 4.69) is 0 Å². The van der Waals surface area contributed by atoms with Crippen molar-refractivity contribution >= 4 is 17.0 Å². The van der Waals surface area contributed by atoms with Crippen LogP contribution < -0.4 is 0 Å². The first-order chi connectivity index (χ1) is 12.9. The molecular formula is C21H23FN2O3. The van der Waals surface area contributed by atoms with Crippen LogP contribution in [0.5, 0.6) is 0 Å². The van der Waals surface area contributed by atoms with Crippen molar-refractivity contribution < 1.29 is 18.3 Å².